The molecule has 24 heavy (non-hydrogen) atoms. The summed E-state index contributed by atoms with van der Waals surface area (Å²) in [5.74, 6) is 1.43. The average Bonchev–Trinajstić information content (AvgIpc) is 3.15. The van der Waals surface area contributed by atoms with E-state index in [1.807, 2.05) is 20.8 Å². The molecule has 1 aliphatic rings. The molecule has 0 bridgehead atoms. The number of rotatable bonds is 5. The zero-order valence-electron chi connectivity index (χ0n) is 14.8. The summed E-state index contributed by atoms with van der Waals surface area (Å²) < 4.78 is 5.53. The molecule has 0 radical (unpaired) electrons. The van der Waals surface area contributed by atoms with E-state index in [0.717, 1.165) is 23.4 Å². The second kappa shape index (κ2) is 7.22. The van der Waals surface area contributed by atoms with Crippen molar-refractivity contribution in [1.29, 1.82) is 0 Å². The van der Waals surface area contributed by atoms with Gasteiger partial charge < -0.3 is 9.73 Å². The molecule has 0 spiro atoms. The van der Waals surface area contributed by atoms with E-state index in [1.165, 1.54) is 31.5 Å². The van der Waals surface area contributed by atoms with Crippen LogP contribution >= 0.6 is 0 Å². The molecule has 1 fully saturated rings. The Hall–Kier alpha value is -2.07. The van der Waals surface area contributed by atoms with Crippen LogP contribution in [0.4, 0.5) is 0 Å². The van der Waals surface area contributed by atoms with E-state index < -0.39 is 0 Å². The maximum Gasteiger partial charge on any atom is 0.255 e. The smallest absolute Gasteiger partial charge is 0.255 e. The summed E-state index contributed by atoms with van der Waals surface area (Å²) in [6.45, 7) is 9.63. The van der Waals surface area contributed by atoms with Crippen LogP contribution in [0.5, 0.6) is 0 Å². The summed E-state index contributed by atoms with van der Waals surface area (Å²) in [7, 11) is 0. The maximum absolute atomic E-state index is 12.4. The van der Waals surface area contributed by atoms with Gasteiger partial charge in [0.25, 0.3) is 5.91 Å². The quantitative estimate of drug-likeness (QED) is 0.910. The molecule has 0 aliphatic carbocycles. The third-order valence-electron chi connectivity index (χ3n) is 4.87. The average molecular weight is 326 g/mol. The van der Waals surface area contributed by atoms with E-state index in [1.54, 1.807) is 0 Å². The Kier molecular flexibility index (Phi) is 5.05. The summed E-state index contributed by atoms with van der Waals surface area (Å²) in [6, 6.07) is 8.54. The molecule has 4 nitrogen and oxygen atoms in total. The Morgan fingerprint density at radius 3 is 2.25 bits per heavy atom. The van der Waals surface area contributed by atoms with Crippen molar-refractivity contribution >= 4 is 5.91 Å². The fraction of sp³-hybridized carbons (Fsp3) is 0.450. The molecule has 4 heteroatoms. The van der Waals surface area contributed by atoms with Gasteiger partial charge in [0.1, 0.15) is 11.5 Å². The number of likely N-dealkylation sites (tertiary alicyclic amines) is 1. The van der Waals surface area contributed by atoms with Gasteiger partial charge in [0.15, 0.2) is 0 Å². The zero-order chi connectivity index (χ0) is 17.1. The molecule has 1 aliphatic heterocycles. The molecule has 0 unspecified atom stereocenters. The van der Waals surface area contributed by atoms with Gasteiger partial charge in [-0.05, 0) is 57.8 Å². The van der Waals surface area contributed by atoms with E-state index in [0.29, 0.717) is 17.9 Å². The van der Waals surface area contributed by atoms with E-state index in [2.05, 4.69) is 34.5 Å². The predicted molar refractivity (Wildman–Crippen MR) is 95.0 cm³/mol. The molecule has 1 saturated heterocycles. The summed E-state index contributed by atoms with van der Waals surface area (Å²) in [5, 5.41) is 2.99. The largest absolute Gasteiger partial charge is 0.466 e. The third kappa shape index (κ3) is 3.70. The fourth-order valence-corrected chi connectivity index (χ4v) is 3.36. The van der Waals surface area contributed by atoms with Crippen LogP contribution in [0.1, 0.15) is 51.4 Å². The van der Waals surface area contributed by atoms with Crippen molar-refractivity contribution in [3.63, 3.8) is 0 Å². The van der Waals surface area contributed by atoms with Gasteiger partial charge in [-0.3, -0.25) is 9.69 Å². The van der Waals surface area contributed by atoms with Crippen LogP contribution in [0.25, 0.3) is 0 Å². The van der Waals surface area contributed by atoms with Crippen molar-refractivity contribution in [3.8, 4) is 0 Å². The van der Waals surface area contributed by atoms with Gasteiger partial charge in [0, 0.05) is 18.7 Å². The SMILES string of the molecule is Cc1oc(C)c(C(=O)NCc2ccc(CN3CCCC3)cc2)c1C. The number of hydrogen-bond donors (Lipinski definition) is 1. The Balaban J connectivity index is 1.57. The molecule has 3 rings (SSSR count). The molecule has 0 atom stereocenters. The topological polar surface area (TPSA) is 45.5 Å². The molecular weight excluding hydrogens is 300 g/mol. The Bertz CT molecular complexity index is 710. The zero-order valence-corrected chi connectivity index (χ0v) is 14.8. The van der Waals surface area contributed by atoms with Crippen LogP contribution in [0.2, 0.25) is 0 Å². The van der Waals surface area contributed by atoms with Crippen LogP contribution in [-0.2, 0) is 13.1 Å². The molecule has 2 heterocycles. The predicted octanol–water partition coefficient (Wildman–Crippen LogP) is 3.73. The van der Waals surface area contributed by atoms with Gasteiger partial charge in [0.2, 0.25) is 0 Å². The van der Waals surface area contributed by atoms with Gasteiger partial charge in [-0.15, -0.1) is 0 Å². The van der Waals surface area contributed by atoms with Crippen LogP contribution in [0.15, 0.2) is 28.7 Å². The molecule has 2 aromatic rings. The van der Waals surface area contributed by atoms with Crippen molar-refractivity contribution in [2.75, 3.05) is 13.1 Å². The second-order valence-corrected chi connectivity index (χ2v) is 6.70. The van der Waals surface area contributed by atoms with Crippen LogP contribution in [-0.4, -0.2) is 23.9 Å². The molecular formula is C20H26N2O2. The number of nitrogens with zero attached hydrogens (tertiary/aromatic N) is 1. The number of amides is 1. The summed E-state index contributed by atoms with van der Waals surface area (Å²) >= 11 is 0. The highest BCUT2D eigenvalue weighted by atomic mass is 16.3. The number of carbonyl (C=O) groups is 1. The van der Waals surface area contributed by atoms with Gasteiger partial charge >= 0.3 is 0 Å². The van der Waals surface area contributed by atoms with Crippen LogP contribution in [0.3, 0.4) is 0 Å². The van der Waals surface area contributed by atoms with E-state index in [4.69, 9.17) is 4.42 Å². The Labute approximate surface area is 143 Å². The van der Waals surface area contributed by atoms with Crippen molar-refractivity contribution < 1.29 is 9.21 Å². The van der Waals surface area contributed by atoms with Crippen molar-refractivity contribution in [2.45, 2.75) is 46.7 Å². The van der Waals surface area contributed by atoms with Gasteiger partial charge in [-0.2, -0.15) is 0 Å². The highest BCUT2D eigenvalue weighted by Crippen LogP contribution is 2.20. The number of nitrogens with one attached hydrogen (secondary N) is 1. The van der Waals surface area contributed by atoms with Crippen molar-refractivity contribution in [3.05, 3.63) is 58.0 Å². The number of furan rings is 1. The number of aryl methyl sites for hydroxylation is 2. The van der Waals surface area contributed by atoms with E-state index in [-0.39, 0.29) is 5.91 Å². The van der Waals surface area contributed by atoms with Gasteiger partial charge in [-0.25, -0.2) is 0 Å². The minimum absolute atomic E-state index is 0.0667. The first-order chi connectivity index (χ1) is 11.5. The van der Waals surface area contributed by atoms with Crippen LogP contribution < -0.4 is 5.32 Å². The highest BCUT2D eigenvalue weighted by molar-refractivity contribution is 5.96. The highest BCUT2D eigenvalue weighted by Gasteiger charge is 2.18. The molecule has 1 aromatic heterocycles. The molecule has 128 valence electrons. The molecule has 1 N–H and O–H groups in total. The summed E-state index contributed by atoms with van der Waals surface area (Å²) in [6.07, 6.45) is 2.63. The fourth-order valence-electron chi connectivity index (χ4n) is 3.36. The first kappa shape index (κ1) is 16.8. The molecule has 1 aromatic carbocycles. The van der Waals surface area contributed by atoms with Gasteiger partial charge in [-0.1, -0.05) is 24.3 Å². The maximum atomic E-state index is 12.4. The first-order valence-electron chi connectivity index (χ1n) is 8.69. The third-order valence-corrected chi connectivity index (χ3v) is 4.87. The summed E-state index contributed by atoms with van der Waals surface area (Å²) in [4.78, 5) is 14.9. The van der Waals surface area contributed by atoms with Gasteiger partial charge in [0.05, 0.1) is 5.56 Å². The Morgan fingerprint density at radius 1 is 1.04 bits per heavy atom. The molecule has 1 amide bonds. The number of benzene rings is 1. The minimum atomic E-state index is -0.0667. The van der Waals surface area contributed by atoms with Crippen molar-refractivity contribution in [2.24, 2.45) is 0 Å². The number of hydrogen-bond acceptors (Lipinski definition) is 3. The Morgan fingerprint density at radius 2 is 1.67 bits per heavy atom. The van der Waals surface area contributed by atoms with E-state index in [9.17, 15) is 4.79 Å². The normalized spacial score (nSPS) is 15.0. The lowest BCUT2D eigenvalue weighted by atomic mass is 10.1. The van der Waals surface area contributed by atoms with Crippen molar-refractivity contribution in [1.82, 2.24) is 10.2 Å². The first-order valence-corrected chi connectivity index (χ1v) is 8.69. The monoisotopic (exact) mass is 326 g/mol. The summed E-state index contributed by atoms with van der Waals surface area (Å²) in [5.41, 5.74) is 4.04. The minimum Gasteiger partial charge on any atom is -0.466 e. The standard InChI is InChI=1S/C20H26N2O2/c1-14-15(2)24-16(3)19(14)20(23)21-12-17-6-8-18(9-7-17)13-22-10-4-5-11-22/h6-9H,4-5,10-13H2,1-3H3,(H,21,23). The number of carbonyl (C=O) groups excluding carboxylic acids is 1. The second-order valence-electron chi connectivity index (χ2n) is 6.70. The lowest BCUT2D eigenvalue weighted by Crippen LogP contribution is -2.23. The lowest BCUT2D eigenvalue weighted by Gasteiger charge is -2.14. The van der Waals surface area contributed by atoms with E-state index >= 15 is 0 Å². The van der Waals surface area contributed by atoms with Crippen LogP contribution in [0, 0.1) is 20.8 Å². The molecule has 0 saturated carbocycles. The lowest BCUT2D eigenvalue weighted by molar-refractivity contribution is 0.0949.